The molecule has 6 nitrogen and oxygen atoms in total. The van der Waals surface area contributed by atoms with Crippen LogP contribution in [0.5, 0.6) is 23.4 Å². The summed E-state index contributed by atoms with van der Waals surface area (Å²) in [7, 11) is 2.97. The molecule has 0 saturated carbocycles. The highest BCUT2D eigenvalue weighted by Gasteiger charge is 2.12. The van der Waals surface area contributed by atoms with E-state index in [1.807, 2.05) is 0 Å². The number of methoxy groups -OCH3 is 2. The third-order valence-corrected chi connectivity index (χ3v) is 2.53. The maximum Gasteiger partial charge on any atom is 0.319 e. The number of benzene rings is 1. The van der Waals surface area contributed by atoms with Crippen LogP contribution in [0.1, 0.15) is 0 Å². The van der Waals surface area contributed by atoms with Crippen molar-refractivity contribution in [1.29, 1.82) is 0 Å². The number of hydrogen-bond donors (Lipinski definition) is 1. The van der Waals surface area contributed by atoms with Crippen LogP contribution in [0.4, 0.5) is 5.69 Å². The van der Waals surface area contributed by atoms with Crippen molar-refractivity contribution in [1.82, 2.24) is 9.97 Å². The van der Waals surface area contributed by atoms with Gasteiger partial charge in [-0.2, -0.15) is 4.98 Å². The Morgan fingerprint density at radius 2 is 1.95 bits per heavy atom. The third kappa shape index (κ3) is 2.97. The van der Waals surface area contributed by atoms with Gasteiger partial charge in [0.15, 0.2) is 11.5 Å². The van der Waals surface area contributed by atoms with Crippen LogP contribution in [0.2, 0.25) is 5.02 Å². The number of nitrogens with zero attached hydrogens (tertiary/aromatic N) is 2. The van der Waals surface area contributed by atoms with Crippen molar-refractivity contribution >= 4 is 17.3 Å². The second kappa shape index (κ2) is 5.62. The van der Waals surface area contributed by atoms with E-state index in [0.29, 0.717) is 17.2 Å². The van der Waals surface area contributed by atoms with Crippen molar-refractivity contribution in [3.8, 4) is 23.4 Å². The predicted octanol–water partition coefficient (Wildman–Crippen LogP) is 2.52. The number of ether oxygens (including phenoxy) is 3. The normalized spacial score (nSPS) is 10.1. The summed E-state index contributed by atoms with van der Waals surface area (Å²) in [4.78, 5) is 7.87. The highest BCUT2D eigenvalue weighted by atomic mass is 35.5. The lowest BCUT2D eigenvalue weighted by Gasteiger charge is -2.11. The maximum absolute atomic E-state index is 5.96. The second-order valence-electron chi connectivity index (χ2n) is 3.52. The van der Waals surface area contributed by atoms with Gasteiger partial charge in [-0.1, -0.05) is 11.6 Å². The monoisotopic (exact) mass is 281 g/mol. The fourth-order valence-corrected chi connectivity index (χ4v) is 1.51. The number of nitrogen functional groups attached to an aromatic ring is 1. The number of nitrogens with two attached hydrogens (primary N) is 1. The van der Waals surface area contributed by atoms with Crippen LogP contribution in [0.3, 0.4) is 0 Å². The average molecular weight is 282 g/mol. The molecule has 100 valence electrons. The van der Waals surface area contributed by atoms with Crippen molar-refractivity contribution in [3.05, 3.63) is 29.4 Å². The molecular formula is C12H12ClN3O3. The Hall–Kier alpha value is -2.21. The van der Waals surface area contributed by atoms with E-state index in [1.54, 1.807) is 18.2 Å². The molecule has 0 aliphatic heterocycles. The zero-order valence-electron chi connectivity index (χ0n) is 10.4. The maximum atomic E-state index is 5.96. The lowest BCUT2D eigenvalue weighted by molar-refractivity contribution is 0.354. The first kappa shape index (κ1) is 13.2. The third-order valence-electron chi connectivity index (χ3n) is 2.27. The molecule has 2 rings (SSSR count). The first-order valence-electron chi connectivity index (χ1n) is 5.32. The van der Waals surface area contributed by atoms with Gasteiger partial charge in [0.1, 0.15) is 5.02 Å². The van der Waals surface area contributed by atoms with Crippen molar-refractivity contribution in [2.24, 2.45) is 0 Å². The molecule has 0 radical (unpaired) electrons. The van der Waals surface area contributed by atoms with Crippen LogP contribution in [-0.4, -0.2) is 24.2 Å². The molecule has 0 bridgehead atoms. The Morgan fingerprint density at radius 1 is 1.16 bits per heavy atom. The fraction of sp³-hybridized carbons (Fsp3) is 0.167. The van der Waals surface area contributed by atoms with E-state index < -0.39 is 0 Å². The molecule has 19 heavy (non-hydrogen) atoms. The van der Waals surface area contributed by atoms with Crippen LogP contribution >= 0.6 is 11.6 Å². The molecule has 0 atom stereocenters. The molecule has 0 fully saturated rings. The average Bonchev–Trinajstić information content (AvgIpc) is 2.43. The van der Waals surface area contributed by atoms with Crippen molar-refractivity contribution in [2.75, 3.05) is 20.0 Å². The summed E-state index contributed by atoms with van der Waals surface area (Å²) < 4.78 is 15.7. The van der Waals surface area contributed by atoms with Gasteiger partial charge in [-0.05, 0) is 12.1 Å². The molecule has 0 aliphatic rings. The first-order chi connectivity index (χ1) is 9.13. The molecule has 1 heterocycles. The van der Waals surface area contributed by atoms with Gasteiger partial charge >= 0.3 is 6.01 Å². The number of halogens is 1. The minimum atomic E-state index is 0.161. The standard InChI is InChI=1S/C12H12ClN3O3/c1-17-10-5-7(14)3-4-9(10)19-11-8(13)6-15-12(16-11)18-2/h3-6H,14H2,1-2H3. The van der Waals surface area contributed by atoms with Crippen molar-refractivity contribution < 1.29 is 14.2 Å². The first-order valence-corrected chi connectivity index (χ1v) is 5.69. The highest BCUT2D eigenvalue weighted by Crippen LogP contribution is 2.35. The Morgan fingerprint density at radius 3 is 2.63 bits per heavy atom. The van der Waals surface area contributed by atoms with Crippen LogP contribution in [0.25, 0.3) is 0 Å². The van der Waals surface area contributed by atoms with Gasteiger partial charge in [0.05, 0.1) is 20.4 Å². The van der Waals surface area contributed by atoms with E-state index in [1.165, 1.54) is 20.4 Å². The minimum absolute atomic E-state index is 0.161. The molecule has 0 unspecified atom stereocenters. The van der Waals surface area contributed by atoms with Crippen LogP contribution in [-0.2, 0) is 0 Å². The number of rotatable bonds is 4. The molecule has 0 spiro atoms. The van der Waals surface area contributed by atoms with E-state index in [0.717, 1.165) is 0 Å². The molecule has 1 aromatic heterocycles. The summed E-state index contributed by atoms with van der Waals surface area (Å²) >= 11 is 5.96. The van der Waals surface area contributed by atoms with Crippen LogP contribution in [0.15, 0.2) is 24.4 Å². The Balaban J connectivity index is 2.35. The molecule has 0 saturated heterocycles. The number of hydrogen-bond acceptors (Lipinski definition) is 6. The van der Waals surface area contributed by atoms with E-state index in [4.69, 9.17) is 31.5 Å². The minimum Gasteiger partial charge on any atom is -0.493 e. The number of anilines is 1. The van der Waals surface area contributed by atoms with Gasteiger partial charge in [0.25, 0.3) is 0 Å². The zero-order chi connectivity index (χ0) is 13.8. The number of aromatic nitrogens is 2. The van der Waals surface area contributed by atoms with Gasteiger partial charge in [-0.3, -0.25) is 0 Å². The molecule has 0 aliphatic carbocycles. The lowest BCUT2D eigenvalue weighted by Crippen LogP contribution is -1.97. The summed E-state index contributed by atoms with van der Waals surface area (Å²) in [6.45, 7) is 0. The SMILES string of the molecule is COc1ncc(Cl)c(Oc2ccc(N)cc2OC)n1. The quantitative estimate of drug-likeness (QED) is 0.868. The zero-order valence-corrected chi connectivity index (χ0v) is 11.1. The Kier molecular flexibility index (Phi) is 3.91. The summed E-state index contributed by atoms with van der Waals surface area (Å²) in [6, 6.07) is 5.15. The van der Waals surface area contributed by atoms with Gasteiger partial charge in [-0.25, -0.2) is 4.98 Å². The van der Waals surface area contributed by atoms with Gasteiger partial charge < -0.3 is 19.9 Å². The Bertz CT molecular complexity index is 592. The lowest BCUT2D eigenvalue weighted by atomic mass is 10.3. The highest BCUT2D eigenvalue weighted by molar-refractivity contribution is 6.31. The van der Waals surface area contributed by atoms with Gasteiger partial charge in [-0.15, -0.1) is 0 Å². The Labute approximate surface area is 115 Å². The molecular weight excluding hydrogens is 270 g/mol. The summed E-state index contributed by atoms with van der Waals surface area (Å²) in [5.74, 6) is 1.10. The largest absolute Gasteiger partial charge is 0.493 e. The summed E-state index contributed by atoms with van der Waals surface area (Å²) in [5.41, 5.74) is 6.23. The predicted molar refractivity (Wildman–Crippen MR) is 71.1 cm³/mol. The fourth-order valence-electron chi connectivity index (χ4n) is 1.38. The summed E-state index contributed by atoms with van der Waals surface area (Å²) in [6.07, 6.45) is 1.40. The van der Waals surface area contributed by atoms with Crippen LogP contribution in [0, 0.1) is 0 Å². The topological polar surface area (TPSA) is 79.5 Å². The molecule has 0 amide bonds. The van der Waals surface area contributed by atoms with Gasteiger partial charge in [0, 0.05) is 11.8 Å². The van der Waals surface area contributed by atoms with E-state index in [2.05, 4.69) is 9.97 Å². The van der Waals surface area contributed by atoms with Crippen LogP contribution < -0.4 is 19.9 Å². The van der Waals surface area contributed by atoms with E-state index >= 15 is 0 Å². The van der Waals surface area contributed by atoms with Gasteiger partial charge in [0.2, 0.25) is 5.88 Å². The van der Waals surface area contributed by atoms with Crippen molar-refractivity contribution in [3.63, 3.8) is 0 Å². The summed E-state index contributed by atoms with van der Waals surface area (Å²) in [5, 5.41) is 0.264. The molecule has 7 heteroatoms. The smallest absolute Gasteiger partial charge is 0.319 e. The van der Waals surface area contributed by atoms with E-state index in [-0.39, 0.29) is 16.9 Å². The molecule has 1 aromatic carbocycles. The molecule has 2 aromatic rings. The van der Waals surface area contributed by atoms with E-state index in [9.17, 15) is 0 Å². The second-order valence-corrected chi connectivity index (χ2v) is 3.93. The molecule has 2 N–H and O–H groups in total. The van der Waals surface area contributed by atoms with Crippen molar-refractivity contribution in [2.45, 2.75) is 0 Å².